The number of aryl methyl sites for hydroxylation is 1. The molecule has 28 heavy (non-hydrogen) atoms. The van der Waals surface area contributed by atoms with Gasteiger partial charge in [0.15, 0.2) is 10.8 Å². The number of anilines is 1. The molecule has 1 aromatic heterocycles. The molecule has 0 bridgehead atoms. The maximum atomic E-state index is 12.5. The van der Waals surface area contributed by atoms with Crippen LogP contribution < -0.4 is 5.32 Å². The van der Waals surface area contributed by atoms with Crippen LogP contribution in [0.3, 0.4) is 0 Å². The van der Waals surface area contributed by atoms with Crippen LogP contribution >= 0.6 is 11.3 Å². The third kappa shape index (κ3) is 5.21. The Kier molecular flexibility index (Phi) is 7.36. The molecule has 0 spiro atoms. The summed E-state index contributed by atoms with van der Waals surface area (Å²) in [4.78, 5) is 28.7. The van der Waals surface area contributed by atoms with Crippen molar-refractivity contribution in [3.05, 3.63) is 51.9 Å². The number of nitrogens with one attached hydrogen (secondary N) is 1. The van der Waals surface area contributed by atoms with Crippen molar-refractivity contribution in [3.63, 3.8) is 0 Å². The zero-order chi connectivity index (χ0) is 20.7. The first-order chi connectivity index (χ1) is 13.4. The number of hydrogen-bond donors (Lipinski definition) is 3. The van der Waals surface area contributed by atoms with Crippen molar-refractivity contribution in [2.24, 2.45) is 10.2 Å². The van der Waals surface area contributed by atoms with Gasteiger partial charge < -0.3 is 14.9 Å². The highest BCUT2D eigenvalue weighted by molar-refractivity contribution is 7.17. The fraction of sp³-hybridized carbons (Fsp3) is 0.278. The zero-order valence-corrected chi connectivity index (χ0v) is 16.4. The largest absolute Gasteiger partial charge is 0.510 e. The van der Waals surface area contributed by atoms with E-state index in [4.69, 9.17) is 4.74 Å². The molecule has 148 valence electrons. The van der Waals surface area contributed by atoms with Crippen LogP contribution in [0.2, 0.25) is 0 Å². The summed E-state index contributed by atoms with van der Waals surface area (Å²) in [5.41, 5.74) is 0.990. The summed E-state index contributed by atoms with van der Waals surface area (Å²) in [6, 6.07) is 6.72. The van der Waals surface area contributed by atoms with Gasteiger partial charge in [-0.1, -0.05) is 29.5 Å². The average molecular weight is 404 g/mol. The third-order valence-electron chi connectivity index (χ3n) is 3.46. The first kappa shape index (κ1) is 21.2. The number of carbonyl (C=O) groups is 2. The predicted molar refractivity (Wildman–Crippen MR) is 104 cm³/mol. The normalized spacial score (nSPS) is 12.0. The SMILES string of the molecule is CCOC(=O)c1sc(NC(=O)C(N=Nc2ccccc2CO)=C(C)O)nc1C. The van der Waals surface area contributed by atoms with Crippen LogP contribution in [0.15, 0.2) is 46.0 Å². The lowest BCUT2D eigenvalue weighted by atomic mass is 10.2. The maximum absolute atomic E-state index is 12.5. The molecule has 0 radical (unpaired) electrons. The summed E-state index contributed by atoms with van der Waals surface area (Å²) in [6.45, 7) is 4.59. The lowest BCUT2D eigenvalue weighted by Crippen LogP contribution is -2.14. The van der Waals surface area contributed by atoms with Gasteiger partial charge in [0.25, 0.3) is 5.91 Å². The van der Waals surface area contributed by atoms with E-state index in [9.17, 15) is 19.8 Å². The Balaban J connectivity index is 2.21. The molecule has 0 atom stereocenters. The number of aromatic nitrogens is 1. The fourth-order valence-electron chi connectivity index (χ4n) is 2.12. The van der Waals surface area contributed by atoms with E-state index in [-0.39, 0.29) is 34.7 Å². The number of ether oxygens (including phenoxy) is 1. The molecule has 0 saturated carbocycles. The molecule has 1 amide bonds. The predicted octanol–water partition coefficient (Wildman–Crippen LogP) is 3.63. The number of rotatable bonds is 7. The smallest absolute Gasteiger partial charge is 0.350 e. The standard InChI is InChI=1S/C18H20N4O5S/c1-4-27-17(26)15-10(2)19-18(28-15)20-16(25)14(11(3)24)22-21-13-8-6-5-7-12(13)9-23/h5-8,23-24H,4,9H2,1-3H3,(H,19,20,25). The lowest BCUT2D eigenvalue weighted by molar-refractivity contribution is -0.113. The van der Waals surface area contributed by atoms with Gasteiger partial charge in [-0.25, -0.2) is 9.78 Å². The number of thiazole rings is 1. The topological polar surface area (TPSA) is 133 Å². The number of benzene rings is 1. The number of azo groups is 1. The summed E-state index contributed by atoms with van der Waals surface area (Å²) >= 11 is 0.958. The van der Waals surface area contributed by atoms with Crippen molar-refractivity contribution in [1.29, 1.82) is 0 Å². The molecule has 0 saturated heterocycles. The summed E-state index contributed by atoms with van der Waals surface area (Å²) in [5.74, 6) is -1.61. The second-order valence-electron chi connectivity index (χ2n) is 5.53. The highest BCUT2D eigenvalue weighted by Crippen LogP contribution is 2.25. The monoisotopic (exact) mass is 404 g/mol. The maximum Gasteiger partial charge on any atom is 0.350 e. The number of hydrogen-bond acceptors (Lipinski definition) is 9. The van der Waals surface area contributed by atoms with Crippen molar-refractivity contribution in [3.8, 4) is 0 Å². The number of aliphatic hydroxyl groups excluding tert-OH is 2. The van der Waals surface area contributed by atoms with Crippen LogP contribution in [0.5, 0.6) is 0 Å². The van der Waals surface area contributed by atoms with Crippen LogP contribution in [0, 0.1) is 6.92 Å². The Morgan fingerprint density at radius 3 is 2.68 bits per heavy atom. The summed E-state index contributed by atoms with van der Waals surface area (Å²) in [5, 5.41) is 29.5. The molecule has 1 aromatic carbocycles. The molecule has 10 heteroatoms. The van der Waals surface area contributed by atoms with E-state index in [1.54, 1.807) is 38.1 Å². The van der Waals surface area contributed by atoms with E-state index in [1.807, 2.05) is 0 Å². The first-order valence-corrected chi connectivity index (χ1v) is 9.15. The lowest BCUT2D eigenvalue weighted by Gasteiger charge is -2.04. The van der Waals surface area contributed by atoms with Crippen molar-refractivity contribution in [1.82, 2.24) is 4.98 Å². The number of allylic oxidation sites excluding steroid dienone is 1. The second-order valence-corrected chi connectivity index (χ2v) is 6.53. The van der Waals surface area contributed by atoms with Gasteiger partial charge in [-0.2, -0.15) is 0 Å². The second kappa shape index (κ2) is 9.72. The van der Waals surface area contributed by atoms with E-state index in [0.717, 1.165) is 11.3 Å². The van der Waals surface area contributed by atoms with E-state index >= 15 is 0 Å². The molecule has 0 aliphatic heterocycles. The Bertz CT molecular complexity index is 932. The number of amides is 1. The number of aliphatic hydroxyl groups is 2. The molecule has 0 aliphatic carbocycles. The van der Waals surface area contributed by atoms with Gasteiger partial charge in [0, 0.05) is 5.56 Å². The molecule has 0 aliphatic rings. The first-order valence-electron chi connectivity index (χ1n) is 8.33. The summed E-state index contributed by atoms with van der Waals surface area (Å²) in [7, 11) is 0. The van der Waals surface area contributed by atoms with Crippen molar-refractivity contribution in [2.75, 3.05) is 11.9 Å². The molecule has 3 N–H and O–H groups in total. The van der Waals surface area contributed by atoms with Crippen molar-refractivity contribution < 1.29 is 24.5 Å². The van der Waals surface area contributed by atoms with Gasteiger partial charge in [-0.05, 0) is 26.8 Å². The van der Waals surface area contributed by atoms with E-state index in [1.165, 1.54) is 6.92 Å². The van der Waals surface area contributed by atoms with Gasteiger partial charge in [0.05, 0.1) is 24.6 Å². The zero-order valence-electron chi connectivity index (χ0n) is 15.6. The van der Waals surface area contributed by atoms with Crippen LogP contribution in [0.1, 0.15) is 34.8 Å². The van der Waals surface area contributed by atoms with Crippen LogP contribution in [-0.2, 0) is 16.1 Å². The van der Waals surface area contributed by atoms with E-state index < -0.39 is 11.9 Å². The summed E-state index contributed by atoms with van der Waals surface area (Å²) in [6.07, 6.45) is 0. The Hall–Kier alpha value is -3.11. The van der Waals surface area contributed by atoms with Gasteiger partial charge in [-0.15, -0.1) is 10.2 Å². The van der Waals surface area contributed by atoms with Crippen LogP contribution in [-0.4, -0.2) is 33.7 Å². The number of carbonyl (C=O) groups excluding carboxylic acids is 2. The molecule has 9 nitrogen and oxygen atoms in total. The van der Waals surface area contributed by atoms with Gasteiger partial charge >= 0.3 is 5.97 Å². The Morgan fingerprint density at radius 2 is 2.04 bits per heavy atom. The fourth-order valence-corrected chi connectivity index (χ4v) is 2.98. The molecule has 2 aromatic rings. The highest BCUT2D eigenvalue weighted by Gasteiger charge is 2.20. The van der Waals surface area contributed by atoms with E-state index in [0.29, 0.717) is 16.9 Å². The van der Waals surface area contributed by atoms with Gasteiger partial charge in [0.1, 0.15) is 10.6 Å². The van der Waals surface area contributed by atoms with Gasteiger partial charge in [-0.3, -0.25) is 10.1 Å². The summed E-state index contributed by atoms with van der Waals surface area (Å²) < 4.78 is 4.94. The Labute approximate surface area is 165 Å². The van der Waals surface area contributed by atoms with Crippen molar-refractivity contribution in [2.45, 2.75) is 27.4 Å². The van der Waals surface area contributed by atoms with Crippen LogP contribution in [0.25, 0.3) is 0 Å². The molecular formula is C18H20N4O5S. The van der Waals surface area contributed by atoms with Crippen molar-refractivity contribution >= 4 is 34.0 Å². The highest BCUT2D eigenvalue weighted by atomic mass is 32.1. The molecule has 2 rings (SSSR count). The molecule has 1 heterocycles. The molecule has 0 fully saturated rings. The third-order valence-corrected chi connectivity index (χ3v) is 4.51. The van der Waals surface area contributed by atoms with Gasteiger partial charge in [0.2, 0.25) is 0 Å². The van der Waals surface area contributed by atoms with E-state index in [2.05, 4.69) is 20.5 Å². The number of esters is 1. The molecule has 0 unspecified atom stereocenters. The quantitative estimate of drug-likeness (QED) is 0.279. The van der Waals surface area contributed by atoms with Crippen LogP contribution in [0.4, 0.5) is 10.8 Å². The minimum absolute atomic E-state index is 0.162. The number of nitrogens with zero attached hydrogens (tertiary/aromatic N) is 3. The minimum atomic E-state index is -0.741. The minimum Gasteiger partial charge on any atom is -0.510 e. The average Bonchev–Trinajstić information content (AvgIpc) is 3.02. The Morgan fingerprint density at radius 1 is 1.32 bits per heavy atom. The molecular weight excluding hydrogens is 384 g/mol.